The van der Waals surface area contributed by atoms with E-state index in [9.17, 15) is 21.6 Å². The molecule has 0 aromatic heterocycles. The molecule has 1 saturated heterocycles. The number of anilines is 1. The van der Waals surface area contributed by atoms with Crippen molar-refractivity contribution in [3.8, 4) is 5.75 Å². The van der Waals surface area contributed by atoms with Gasteiger partial charge in [-0.2, -0.15) is 4.31 Å². The molecule has 1 fully saturated rings. The van der Waals surface area contributed by atoms with Crippen LogP contribution in [0.15, 0.2) is 47.4 Å². The second kappa shape index (κ2) is 10.8. The number of morpholine rings is 1. The van der Waals surface area contributed by atoms with Crippen LogP contribution >= 0.6 is 0 Å². The fraction of sp³-hybridized carbons (Fsp3) is 0.409. The van der Waals surface area contributed by atoms with Gasteiger partial charge in [0.15, 0.2) is 0 Å². The van der Waals surface area contributed by atoms with Crippen molar-refractivity contribution in [1.82, 2.24) is 9.03 Å². The first-order valence-electron chi connectivity index (χ1n) is 10.7. The number of methoxy groups -OCH3 is 1. The van der Waals surface area contributed by atoms with Crippen LogP contribution in [0.2, 0.25) is 0 Å². The minimum Gasteiger partial charge on any atom is -0.495 e. The summed E-state index contributed by atoms with van der Waals surface area (Å²) in [5, 5.41) is 2.67. The van der Waals surface area contributed by atoms with E-state index in [1.165, 1.54) is 41.7 Å². The first-order valence-corrected chi connectivity index (χ1v) is 13.8. The summed E-state index contributed by atoms with van der Waals surface area (Å²) in [5.41, 5.74) is 1.02. The third-order valence-corrected chi connectivity index (χ3v) is 8.56. The maximum Gasteiger partial charge on any atom is 0.255 e. The molecule has 186 valence electrons. The maximum atomic E-state index is 12.8. The molecule has 2 N–H and O–H groups in total. The van der Waals surface area contributed by atoms with E-state index >= 15 is 0 Å². The van der Waals surface area contributed by atoms with Gasteiger partial charge in [-0.25, -0.2) is 21.6 Å². The van der Waals surface area contributed by atoms with E-state index in [0.717, 1.165) is 0 Å². The molecule has 2 aromatic carbocycles. The Morgan fingerprint density at radius 3 is 2.29 bits per heavy atom. The summed E-state index contributed by atoms with van der Waals surface area (Å²) in [6.07, 6.45) is 0. The number of ether oxygens (including phenoxy) is 2. The Bertz CT molecular complexity index is 1220. The van der Waals surface area contributed by atoms with E-state index in [0.29, 0.717) is 37.6 Å². The molecule has 0 saturated carbocycles. The number of hydrogen-bond acceptors (Lipinski definition) is 7. The molecule has 0 bridgehead atoms. The molecule has 10 nitrogen and oxygen atoms in total. The van der Waals surface area contributed by atoms with Crippen LogP contribution in [0.1, 0.15) is 29.8 Å². The zero-order chi connectivity index (χ0) is 24.9. The highest BCUT2D eigenvalue weighted by Crippen LogP contribution is 2.28. The molecule has 34 heavy (non-hydrogen) atoms. The van der Waals surface area contributed by atoms with E-state index < -0.39 is 26.0 Å². The van der Waals surface area contributed by atoms with Gasteiger partial charge in [-0.15, -0.1) is 0 Å². The molecular weight excluding hydrogens is 482 g/mol. The van der Waals surface area contributed by atoms with E-state index in [2.05, 4.69) is 10.0 Å². The number of rotatable bonds is 9. The number of sulfonamides is 2. The minimum absolute atomic E-state index is 0.0130. The highest BCUT2D eigenvalue weighted by molar-refractivity contribution is 7.89. The van der Waals surface area contributed by atoms with Crippen LogP contribution in [0.4, 0.5) is 5.69 Å². The van der Waals surface area contributed by atoms with Crippen molar-refractivity contribution in [1.29, 1.82) is 0 Å². The van der Waals surface area contributed by atoms with Crippen LogP contribution in [0.3, 0.4) is 0 Å². The highest BCUT2D eigenvalue weighted by Gasteiger charge is 2.25. The molecule has 0 unspecified atom stereocenters. The van der Waals surface area contributed by atoms with E-state index in [1.54, 1.807) is 26.0 Å². The lowest BCUT2D eigenvalue weighted by molar-refractivity contribution is 0.0729. The van der Waals surface area contributed by atoms with Gasteiger partial charge in [0.25, 0.3) is 5.91 Å². The molecule has 2 aromatic rings. The van der Waals surface area contributed by atoms with Crippen molar-refractivity contribution in [3.63, 3.8) is 0 Å². The number of nitrogens with one attached hydrogen (secondary N) is 2. The molecule has 12 heteroatoms. The third-order valence-electron chi connectivity index (χ3n) is 5.05. The van der Waals surface area contributed by atoms with E-state index in [-0.39, 0.29) is 27.9 Å². The van der Waals surface area contributed by atoms with Crippen LogP contribution in [-0.2, 0) is 30.5 Å². The van der Waals surface area contributed by atoms with Gasteiger partial charge >= 0.3 is 0 Å². The zero-order valence-corrected chi connectivity index (χ0v) is 20.9. The lowest BCUT2D eigenvalue weighted by Gasteiger charge is -2.26. The van der Waals surface area contributed by atoms with Crippen LogP contribution in [-0.4, -0.2) is 66.5 Å². The molecule has 0 spiro atoms. The Morgan fingerprint density at radius 2 is 1.71 bits per heavy atom. The van der Waals surface area contributed by atoms with Gasteiger partial charge in [-0.05, 0) is 49.7 Å². The summed E-state index contributed by atoms with van der Waals surface area (Å²) >= 11 is 0. The van der Waals surface area contributed by atoms with Crippen LogP contribution < -0.4 is 14.8 Å². The summed E-state index contributed by atoms with van der Waals surface area (Å²) in [4.78, 5) is 12.8. The monoisotopic (exact) mass is 511 g/mol. The van der Waals surface area contributed by atoms with Crippen LogP contribution in [0.5, 0.6) is 5.75 Å². The average Bonchev–Trinajstić information content (AvgIpc) is 2.79. The minimum atomic E-state index is -3.77. The van der Waals surface area contributed by atoms with Gasteiger partial charge in [-0.3, -0.25) is 4.79 Å². The Morgan fingerprint density at radius 1 is 1.06 bits per heavy atom. The topological polar surface area (TPSA) is 131 Å². The fourth-order valence-corrected chi connectivity index (χ4v) is 6.18. The van der Waals surface area contributed by atoms with Crippen molar-refractivity contribution in [3.05, 3.63) is 53.6 Å². The number of carbonyl (C=O) groups is 1. The van der Waals surface area contributed by atoms with Crippen molar-refractivity contribution in [2.45, 2.75) is 30.5 Å². The molecule has 3 rings (SSSR count). The Labute approximate surface area is 200 Å². The molecule has 1 aliphatic rings. The molecule has 1 amide bonds. The van der Waals surface area contributed by atoms with Crippen molar-refractivity contribution >= 4 is 31.6 Å². The first kappa shape index (κ1) is 26.1. The van der Waals surface area contributed by atoms with Gasteiger partial charge < -0.3 is 14.8 Å². The maximum absolute atomic E-state index is 12.8. The third kappa shape index (κ3) is 6.54. The van der Waals surface area contributed by atoms with Gasteiger partial charge in [-0.1, -0.05) is 12.1 Å². The normalized spacial score (nSPS) is 15.3. The van der Waals surface area contributed by atoms with Gasteiger partial charge in [0, 0.05) is 24.7 Å². The number of benzene rings is 2. The number of nitrogens with zero attached hydrogens (tertiary/aromatic N) is 1. The summed E-state index contributed by atoms with van der Waals surface area (Å²) < 4.78 is 64.5. The molecule has 0 atom stereocenters. The predicted molar refractivity (Wildman–Crippen MR) is 128 cm³/mol. The molecule has 1 heterocycles. The summed E-state index contributed by atoms with van der Waals surface area (Å²) in [6.45, 7) is 4.81. The van der Waals surface area contributed by atoms with Crippen molar-refractivity contribution < 1.29 is 31.1 Å². The lowest BCUT2D eigenvalue weighted by atomic mass is 10.1. The smallest absolute Gasteiger partial charge is 0.255 e. The van der Waals surface area contributed by atoms with Gasteiger partial charge in [0.2, 0.25) is 20.0 Å². The fourth-order valence-electron chi connectivity index (χ4n) is 3.40. The second-order valence-corrected chi connectivity index (χ2v) is 11.7. The number of hydrogen-bond donors (Lipinski definition) is 2. The largest absolute Gasteiger partial charge is 0.495 e. The quantitative estimate of drug-likeness (QED) is 0.525. The predicted octanol–water partition coefficient (Wildman–Crippen LogP) is 1.80. The van der Waals surface area contributed by atoms with Crippen molar-refractivity contribution in [2.24, 2.45) is 0 Å². The molecule has 0 aliphatic carbocycles. The Kier molecular flexibility index (Phi) is 8.31. The summed E-state index contributed by atoms with van der Waals surface area (Å²) in [6, 6.07) is 10.1. The molecule has 0 radical (unpaired) electrons. The lowest BCUT2D eigenvalue weighted by Crippen LogP contribution is -2.41. The molecule has 1 aliphatic heterocycles. The zero-order valence-electron chi connectivity index (χ0n) is 19.3. The summed E-state index contributed by atoms with van der Waals surface area (Å²) in [5.74, 6) is -0.372. The average molecular weight is 512 g/mol. The Balaban J connectivity index is 1.75. The molecular formula is C22H29N3O7S2. The Hall–Kier alpha value is -2.51. The highest BCUT2D eigenvalue weighted by atomic mass is 32.2. The van der Waals surface area contributed by atoms with Crippen molar-refractivity contribution in [2.75, 3.05) is 38.7 Å². The number of carbonyl (C=O) groups excluding carboxylic acids is 1. The SMILES string of the molecule is COc1ccc(S(=O)(=O)NC(C)C)cc1NC(=O)c1ccc(CS(=O)(=O)N2CCOCC2)cc1. The second-order valence-electron chi connectivity index (χ2n) is 8.06. The summed E-state index contributed by atoms with van der Waals surface area (Å²) in [7, 11) is -5.83. The number of amides is 1. The van der Waals surface area contributed by atoms with E-state index in [4.69, 9.17) is 9.47 Å². The van der Waals surface area contributed by atoms with Crippen LogP contribution in [0.25, 0.3) is 0 Å². The van der Waals surface area contributed by atoms with Gasteiger partial charge in [0.1, 0.15) is 5.75 Å². The van der Waals surface area contributed by atoms with Crippen LogP contribution in [0, 0.1) is 0 Å². The van der Waals surface area contributed by atoms with E-state index in [1.807, 2.05) is 0 Å². The standard InChI is InChI=1S/C22H29N3O7S2/c1-16(2)24-34(29,30)19-8-9-21(31-3)20(14-19)23-22(26)18-6-4-17(5-7-18)15-33(27,28)25-10-12-32-13-11-25/h4-9,14,16,24H,10-13,15H2,1-3H3,(H,23,26). The van der Waals surface area contributed by atoms with Gasteiger partial charge in [0.05, 0.1) is 36.7 Å². The first-order chi connectivity index (χ1) is 16.0.